The van der Waals surface area contributed by atoms with Gasteiger partial charge in [0.25, 0.3) is 5.56 Å². The number of nitrogens with zero attached hydrogens (tertiary/aromatic N) is 2. The number of H-pyrrole nitrogens is 1. The van der Waals surface area contributed by atoms with Gasteiger partial charge in [0.1, 0.15) is 9.39 Å². The van der Waals surface area contributed by atoms with Crippen LogP contribution in [0.25, 0.3) is 0 Å². The number of aromatic nitrogens is 2. The van der Waals surface area contributed by atoms with Crippen molar-refractivity contribution in [1.29, 1.82) is 0 Å². The van der Waals surface area contributed by atoms with Crippen LogP contribution in [0, 0.1) is 3.57 Å². The van der Waals surface area contributed by atoms with Gasteiger partial charge < -0.3 is 15.0 Å². The molecule has 0 amide bonds. The Balaban J connectivity index is 3.06. The van der Waals surface area contributed by atoms with Crippen LogP contribution in [0.1, 0.15) is 5.82 Å². The Kier molecular flexibility index (Phi) is 3.26. The quantitative estimate of drug-likeness (QED) is 0.762. The molecule has 1 aromatic heterocycles. The van der Waals surface area contributed by atoms with Gasteiger partial charge in [0.15, 0.2) is 0 Å². The maximum absolute atomic E-state index is 11.2. The Morgan fingerprint density at radius 2 is 2.23 bits per heavy atom. The fraction of sp³-hybridized carbons (Fsp3) is 0.429. The highest BCUT2D eigenvalue weighted by Crippen LogP contribution is 2.10. The molecular weight excluding hydrogens is 285 g/mol. The van der Waals surface area contributed by atoms with Crippen LogP contribution in [0.5, 0.6) is 5.88 Å². The van der Waals surface area contributed by atoms with E-state index in [-0.39, 0.29) is 15.0 Å². The largest absolute Gasteiger partial charge is 0.492 e. The molecule has 0 aliphatic rings. The second-order valence-corrected chi connectivity index (χ2v) is 3.97. The lowest BCUT2D eigenvalue weighted by atomic mass is 10.5. The molecule has 0 saturated carbocycles. The van der Waals surface area contributed by atoms with Crippen LogP contribution in [0.3, 0.4) is 0 Å². The van der Waals surface area contributed by atoms with Gasteiger partial charge in [-0.15, -0.1) is 0 Å². The zero-order chi connectivity index (χ0) is 10.0. The molecule has 72 valence electrons. The molecule has 0 aromatic carbocycles. The fourth-order valence-corrected chi connectivity index (χ4v) is 1.12. The first-order valence-corrected chi connectivity index (χ1v) is 4.71. The highest BCUT2D eigenvalue weighted by atomic mass is 127. The summed E-state index contributed by atoms with van der Waals surface area (Å²) in [4.78, 5) is 19.4. The molecule has 5 nitrogen and oxygen atoms in total. The molecule has 0 fully saturated rings. The molecule has 13 heavy (non-hydrogen) atoms. The van der Waals surface area contributed by atoms with Gasteiger partial charge in [-0.25, -0.2) is 0 Å². The highest BCUT2D eigenvalue weighted by molar-refractivity contribution is 14.1. The van der Waals surface area contributed by atoms with E-state index >= 15 is 0 Å². The maximum atomic E-state index is 11.2. The molecule has 0 spiro atoms. The zero-order valence-electron chi connectivity index (χ0n) is 7.33. The average molecular weight is 295 g/mol. The number of halogens is 1. The van der Waals surface area contributed by atoms with Crippen molar-refractivity contribution in [3.8, 4) is 5.88 Å². The second-order valence-electron chi connectivity index (χ2n) is 2.89. The highest BCUT2D eigenvalue weighted by Gasteiger charge is 2.07. The molecule has 2 N–H and O–H groups in total. The standard InChI is InChI=1S/C7H10IN3O2/c1-11(2)3-4-9-6(12)5(8)7(13)10-4/h3H2,1-2H3,(H2,9,10,12,13). The number of aromatic hydroxyl groups is 1. The van der Waals surface area contributed by atoms with Crippen molar-refractivity contribution in [2.75, 3.05) is 14.1 Å². The van der Waals surface area contributed by atoms with Crippen LogP contribution in [0.15, 0.2) is 4.79 Å². The van der Waals surface area contributed by atoms with E-state index in [1.807, 2.05) is 19.0 Å². The summed E-state index contributed by atoms with van der Waals surface area (Å²) in [7, 11) is 3.71. The number of rotatable bonds is 2. The van der Waals surface area contributed by atoms with Crippen molar-refractivity contribution in [2.24, 2.45) is 0 Å². The normalized spacial score (nSPS) is 10.8. The van der Waals surface area contributed by atoms with Gasteiger partial charge in [0.05, 0.1) is 6.54 Å². The Morgan fingerprint density at radius 1 is 1.62 bits per heavy atom. The third-order valence-corrected chi connectivity index (χ3v) is 2.33. The first-order valence-electron chi connectivity index (χ1n) is 3.63. The number of nitrogens with one attached hydrogen (secondary N) is 1. The van der Waals surface area contributed by atoms with Crippen LogP contribution in [-0.2, 0) is 6.54 Å². The first kappa shape index (κ1) is 10.5. The lowest BCUT2D eigenvalue weighted by molar-refractivity contribution is 0.380. The van der Waals surface area contributed by atoms with Crippen molar-refractivity contribution in [3.05, 3.63) is 19.7 Å². The molecule has 0 atom stereocenters. The van der Waals surface area contributed by atoms with Gasteiger partial charge in [-0.1, -0.05) is 0 Å². The molecule has 1 aromatic rings. The topological polar surface area (TPSA) is 69.2 Å². The van der Waals surface area contributed by atoms with Crippen molar-refractivity contribution < 1.29 is 5.11 Å². The summed E-state index contributed by atoms with van der Waals surface area (Å²) < 4.78 is 0.222. The van der Waals surface area contributed by atoms with Crippen LogP contribution >= 0.6 is 22.6 Å². The number of hydrogen-bond acceptors (Lipinski definition) is 4. The van der Waals surface area contributed by atoms with E-state index in [0.29, 0.717) is 12.4 Å². The summed E-state index contributed by atoms with van der Waals surface area (Å²) in [5, 5.41) is 9.24. The minimum atomic E-state index is -0.301. The van der Waals surface area contributed by atoms with Gasteiger partial charge >= 0.3 is 0 Å². The van der Waals surface area contributed by atoms with Gasteiger partial charge in [-0.3, -0.25) is 4.79 Å². The van der Waals surface area contributed by atoms with E-state index in [9.17, 15) is 9.90 Å². The molecular formula is C7H10IN3O2. The first-order chi connectivity index (χ1) is 6.00. The average Bonchev–Trinajstić information content (AvgIpc) is 1.98. The fourth-order valence-electron chi connectivity index (χ4n) is 0.867. The van der Waals surface area contributed by atoms with E-state index in [2.05, 4.69) is 9.97 Å². The third-order valence-electron chi connectivity index (χ3n) is 1.36. The summed E-state index contributed by atoms with van der Waals surface area (Å²) in [6.07, 6.45) is 0. The van der Waals surface area contributed by atoms with Gasteiger partial charge in [0.2, 0.25) is 5.88 Å². The number of aromatic amines is 1. The Hall–Kier alpha value is -0.630. The number of hydrogen-bond donors (Lipinski definition) is 2. The Labute approximate surface area is 88.9 Å². The van der Waals surface area contributed by atoms with Crippen molar-refractivity contribution in [1.82, 2.24) is 14.9 Å². The van der Waals surface area contributed by atoms with E-state index in [0.717, 1.165) is 0 Å². The van der Waals surface area contributed by atoms with Crippen LogP contribution in [0.2, 0.25) is 0 Å². The monoisotopic (exact) mass is 295 g/mol. The summed E-state index contributed by atoms with van der Waals surface area (Å²) in [5.74, 6) is 0.258. The lowest BCUT2D eigenvalue weighted by Gasteiger charge is -2.08. The summed E-state index contributed by atoms with van der Waals surface area (Å²) in [5.41, 5.74) is -0.301. The van der Waals surface area contributed by atoms with Crippen LogP contribution in [-0.4, -0.2) is 34.1 Å². The minimum absolute atomic E-state index is 0.207. The van der Waals surface area contributed by atoms with Gasteiger partial charge in [-0.2, -0.15) is 4.98 Å². The van der Waals surface area contributed by atoms with Crippen molar-refractivity contribution in [2.45, 2.75) is 6.54 Å². The van der Waals surface area contributed by atoms with E-state index < -0.39 is 0 Å². The van der Waals surface area contributed by atoms with Gasteiger partial charge in [0, 0.05) is 0 Å². The third kappa shape index (κ3) is 2.66. The maximum Gasteiger partial charge on any atom is 0.268 e. The molecule has 1 rings (SSSR count). The molecule has 6 heteroatoms. The second kappa shape index (κ2) is 4.05. The van der Waals surface area contributed by atoms with Crippen molar-refractivity contribution in [3.63, 3.8) is 0 Å². The summed E-state index contributed by atoms with van der Waals surface area (Å²) in [6.45, 7) is 0.500. The molecule has 0 saturated heterocycles. The SMILES string of the molecule is CN(C)Cc1nc(O)c(I)c(=O)[nH]1. The predicted molar refractivity (Wildman–Crippen MR) is 56.6 cm³/mol. The molecule has 1 heterocycles. The van der Waals surface area contributed by atoms with Crippen LogP contribution in [0.4, 0.5) is 0 Å². The molecule has 0 unspecified atom stereocenters. The van der Waals surface area contributed by atoms with E-state index in [4.69, 9.17) is 0 Å². The van der Waals surface area contributed by atoms with Crippen LogP contribution < -0.4 is 5.56 Å². The smallest absolute Gasteiger partial charge is 0.268 e. The predicted octanol–water partition coefficient (Wildman–Crippen LogP) is 0.142. The van der Waals surface area contributed by atoms with E-state index in [1.165, 1.54) is 0 Å². The zero-order valence-corrected chi connectivity index (χ0v) is 9.49. The molecule has 0 bridgehead atoms. The lowest BCUT2D eigenvalue weighted by Crippen LogP contribution is -2.19. The van der Waals surface area contributed by atoms with Crippen molar-refractivity contribution >= 4 is 22.6 Å². The van der Waals surface area contributed by atoms with Gasteiger partial charge in [-0.05, 0) is 36.7 Å². The summed E-state index contributed by atoms with van der Waals surface area (Å²) >= 11 is 1.75. The Morgan fingerprint density at radius 3 is 2.69 bits per heavy atom. The molecule has 0 radical (unpaired) electrons. The van der Waals surface area contributed by atoms with E-state index in [1.54, 1.807) is 22.6 Å². The minimum Gasteiger partial charge on any atom is -0.492 e. The molecule has 0 aliphatic heterocycles. The summed E-state index contributed by atoms with van der Waals surface area (Å²) in [6, 6.07) is 0. The Bertz CT molecular complexity index is 361. The molecule has 0 aliphatic carbocycles.